The first-order valence-electron chi connectivity index (χ1n) is 7.68. The minimum atomic E-state index is -1.05. The number of hydrogen-bond donors (Lipinski definition) is 1. The molecule has 1 atom stereocenters. The van der Waals surface area contributed by atoms with Crippen LogP contribution in [-0.2, 0) is 0 Å². The first-order chi connectivity index (χ1) is 11.6. The molecule has 0 aliphatic carbocycles. The largest absolute Gasteiger partial charge is 0.465 e. The van der Waals surface area contributed by atoms with Gasteiger partial charge < -0.3 is 9.63 Å². The second-order valence-electron chi connectivity index (χ2n) is 5.54. The van der Waals surface area contributed by atoms with Crippen molar-refractivity contribution in [1.29, 1.82) is 0 Å². The average molecular weight is 322 g/mol. The second kappa shape index (κ2) is 6.58. The van der Waals surface area contributed by atoms with Gasteiger partial charge in [-0.15, -0.1) is 0 Å². The van der Waals surface area contributed by atoms with Crippen LogP contribution < -0.4 is 4.90 Å². The summed E-state index contributed by atoms with van der Waals surface area (Å²) in [6, 6.07) is 18.6. The highest BCUT2D eigenvalue weighted by atomic mass is 16.5. The summed E-state index contributed by atoms with van der Waals surface area (Å²) in [6.45, 7) is 3.58. The van der Waals surface area contributed by atoms with E-state index in [-0.39, 0.29) is 6.04 Å². The summed E-state index contributed by atoms with van der Waals surface area (Å²) in [5.41, 5.74) is 2.72. The molecule has 0 aliphatic heterocycles. The maximum atomic E-state index is 12.0. The highest BCUT2D eigenvalue weighted by Crippen LogP contribution is 2.37. The highest BCUT2D eigenvalue weighted by molar-refractivity contribution is 5.93. The molecule has 122 valence electrons. The third kappa shape index (κ3) is 2.88. The summed E-state index contributed by atoms with van der Waals surface area (Å²) < 4.78 is 5.31. The molecule has 1 amide bonds. The van der Waals surface area contributed by atoms with Gasteiger partial charge >= 0.3 is 6.09 Å². The predicted molar refractivity (Wildman–Crippen MR) is 92.0 cm³/mol. The SMILES string of the molecule is Cc1onc(-c2ccccc2)c1N(C(=O)O)C(C)c1ccccc1. The lowest BCUT2D eigenvalue weighted by Crippen LogP contribution is -2.32. The van der Waals surface area contributed by atoms with Crippen LogP contribution in [0.15, 0.2) is 65.2 Å². The van der Waals surface area contributed by atoms with Crippen molar-refractivity contribution in [3.05, 3.63) is 72.0 Å². The standard InChI is InChI=1S/C19H18N2O3/c1-13(15-9-5-3-6-10-15)21(19(22)23)18-14(2)24-20-17(18)16-11-7-4-8-12-16/h3-13H,1-2H3,(H,22,23). The first kappa shape index (κ1) is 15.8. The van der Waals surface area contributed by atoms with Crippen LogP contribution in [0, 0.1) is 6.92 Å². The van der Waals surface area contributed by atoms with Gasteiger partial charge in [0.2, 0.25) is 0 Å². The molecule has 1 N–H and O–H groups in total. The van der Waals surface area contributed by atoms with Crippen molar-refractivity contribution in [3.63, 3.8) is 0 Å². The van der Waals surface area contributed by atoms with E-state index >= 15 is 0 Å². The van der Waals surface area contributed by atoms with Gasteiger partial charge in [0.05, 0.1) is 6.04 Å². The summed E-state index contributed by atoms with van der Waals surface area (Å²) in [6.07, 6.45) is -1.05. The molecule has 24 heavy (non-hydrogen) atoms. The van der Waals surface area contributed by atoms with Gasteiger partial charge in [-0.05, 0) is 19.4 Å². The van der Waals surface area contributed by atoms with E-state index in [9.17, 15) is 9.90 Å². The van der Waals surface area contributed by atoms with Crippen LogP contribution in [0.2, 0.25) is 0 Å². The fourth-order valence-corrected chi connectivity index (χ4v) is 2.77. The zero-order valence-corrected chi connectivity index (χ0v) is 13.5. The fraction of sp³-hybridized carbons (Fsp3) is 0.158. The molecule has 0 saturated carbocycles. The molecule has 0 saturated heterocycles. The third-order valence-corrected chi connectivity index (χ3v) is 4.00. The number of benzene rings is 2. The molecule has 1 heterocycles. The molecular weight excluding hydrogens is 304 g/mol. The van der Waals surface area contributed by atoms with E-state index in [1.165, 1.54) is 4.90 Å². The Morgan fingerprint density at radius 2 is 1.67 bits per heavy atom. The first-order valence-corrected chi connectivity index (χ1v) is 7.68. The Bertz CT molecular complexity index is 828. The number of carbonyl (C=O) groups is 1. The quantitative estimate of drug-likeness (QED) is 0.742. The van der Waals surface area contributed by atoms with E-state index in [2.05, 4.69) is 5.16 Å². The summed E-state index contributed by atoms with van der Waals surface area (Å²) >= 11 is 0. The van der Waals surface area contributed by atoms with E-state index in [0.717, 1.165) is 11.1 Å². The molecule has 3 aromatic rings. The number of hydrogen-bond acceptors (Lipinski definition) is 3. The average Bonchev–Trinajstić information content (AvgIpc) is 2.98. The Kier molecular flexibility index (Phi) is 4.33. The topological polar surface area (TPSA) is 66.6 Å². The van der Waals surface area contributed by atoms with Crippen LogP contribution in [0.4, 0.5) is 10.5 Å². The minimum absolute atomic E-state index is 0.371. The van der Waals surface area contributed by atoms with Gasteiger partial charge in [0.1, 0.15) is 11.4 Å². The van der Waals surface area contributed by atoms with Crippen LogP contribution in [0.3, 0.4) is 0 Å². The lowest BCUT2D eigenvalue weighted by molar-refractivity contribution is 0.199. The second-order valence-corrected chi connectivity index (χ2v) is 5.54. The Morgan fingerprint density at radius 1 is 1.08 bits per heavy atom. The monoisotopic (exact) mass is 322 g/mol. The van der Waals surface area contributed by atoms with Crippen molar-refractivity contribution in [2.45, 2.75) is 19.9 Å². The Hall–Kier alpha value is -3.08. The normalized spacial score (nSPS) is 11.9. The number of aryl methyl sites for hydroxylation is 1. The highest BCUT2D eigenvalue weighted by Gasteiger charge is 2.30. The molecule has 0 radical (unpaired) electrons. The molecular formula is C19H18N2O3. The number of amides is 1. The van der Waals surface area contributed by atoms with E-state index in [1.807, 2.05) is 67.6 Å². The number of carboxylic acid groups (broad SMARTS) is 1. The summed E-state index contributed by atoms with van der Waals surface area (Å²) in [5.74, 6) is 0.471. The molecule has 0 bridgehead atoms. The molecule has 1 aromatic heterocycles. The lowest BCUT2D eigenvalue weighted by atomic mass is 10.0. The van der Waals surface area contributed by atoms with Crippen molar-refractivity contribution in [2.24, 2.45) is 0 Å². The van der Waals surface area contributed by atoms with Crippen LogP contribution in [0.1, 0.15) is 24.3 Å². The third-order valence-electron chi connectivity index (χ3n) is 4.00. The Labute approximate surface area is 140 Å². The molecule has 2 aromatic carbocycles. The predicted octanol–water partition coefficient (Wildman–Crippen LogP) is 4.90. The number of anilines is 1. The Morgan fingerprint density at radius 3 is 2.25 bits per heavy atom. The van der Waals surface area contributed by atoms with Crippen molar-refractivity contribution in [1.82, 2.24) is 5.16 Å². The maximum absolute atomic E-state index is 12.0. The van der Waals surface area contributed by atoms with Crippen LogP contribution >= 0.6 is 0 Å². The Balaban J connectivity index is 2.11. The van der Waals surface area contributed by atoms with E-state index in [1.54, 1.807) is 6.92 Å². The van der Waals surface area contributed by atoms with Crippen LogP contribution in [-0.4, -0.2) is 16.4 Å². The molecule has 5 heteroatoms. The van der Waals surface area contributed by atoms with Gasteiger partial charge in [-0.25, -0.2) is 4.79 Å². The van der Waals surface area contributed by atoms with Gasteiger partial charge in [0.25, 0.3) is 0 Å². The molecule has 0 spiro atoms. The maximum Gasteiger partial charge on any atom is 0.412 e. The molecule has 3 rings (SSSR count). The number of aromatic nitrogens is 1. The summed E-state index contributed by atoms with van der Waals surface area (Å²) in [7, 11) is 0. The molecule has 1 unspecified atom stereocenters. The van der Waals surface area contributed by atoms with Crippen molar-refractivity contribution >= 4 is 11.8 Å². The van der Waals surface area contributed by atoms with Crippen LogP contribution in [0.5, 0.6) is 0 Å². The van der Waals surface area contributed by atoms with E-state index in [0.29, 0.717) is 17.1 Å². The van der Waals surface area contributed by atoms with Crippen molar-refractivity contribution in [2.75, 3.05) is 4.90 Å². The zero-order chi connectivity index (χ0) is 17.1. The molecule has 0 fully saturated rings. The smallest absolute Gasteiger partial charge is 0.412 e. The van der Waals surface area contributed by atoms with E-state index in [4.69, 9.17) is 4.52 Å². The van der Waals surface area contributed by atoms with Crippen molar-refractivity contribution in [3.8, 4) is 11.3 Å². The van der Waals surface area contributed by atoms with Crippen LogP contribution in [0.25, 0.3) is 11.3 Å². The zero-order valence-electron chi connectivity index (χ0n) is 13.5. The lowest BCUT2D eigenvalue weighted by Gasteiger charge is -2.26. The van der Waals surface area contributed by atoms with Gasteiger partial charge in [0, 0.05) is 5.56 Å². The van der Waals surface area contributed by atoms with Crippen molar-refractivity contribution < 1.29 is 14.4 Å². The van der Waals surface area contributed by atoms with Gasteiger partial charge in [-0.2, -0.15) is 0 Å². The number of rotatable bonds is 4. The van der Waals surface area contributed by atoms with Gasteiger partial charge in [-0.1, -0.05) is 65.8 Å². The van der Waals surface area contributed by atoms with Gasteiger partial charge in [0.15, 0.2) is 5.76 Å². The molecule has 0 aliphatic rings. The van der Waals surface area contributed by atoms with E-state index < -0.39 is 6.09 Å². The fourth-order valence-electron chi connectivity index (χ4n) is 2.77. The summed E-state index contributed by atoms with van der Waals surface area (Å²) in [5, 5.41) is 13.9. The summed E-state index contributed by atoms with van der Waals surface area (Å²) in [4.78, 5) is 13.3. The van der Waals surface area contributed by atoms with Gasteiger partial charge in [-0.3, -0.25) is 4.90 Å². The number of nitrogens with zero attached hydrogens (tertiary/aromatic N) is 2. The molecule has 5 nitrogen and oxygen atoms in total. The minimum Gasteiger partial charge on any atom is -0.465 e.